The SMILES string of the molecule is CCOCC(C)OC(CN)c1ccc(Cl)s1. The van der Waals surface area contributed by atoms with Crippen LogP contribution in [-0.4, -0.2) is 25.9 Å². The standard InChI is InChI=1S/C11H18ClNO2S/c1-3-14-7-8(2)15-9(6-13)10-4-5-11(12)16-10/h4-5,8-9H,3,6-7,13H2,1-2H3. The number of rotatable bonds is 7. The maximum absolute atomic E-state index is 5.88. The first-order valence-electron chi connectivity index (χ1n) is 5.35. The van der Waals surface area contributed by atoms with Crippen LogP contribution in [0.1, 0.15) is 24.8 Å². The lowest BCUT2D eigenvalue weighted by Crippen LogP contribution is -2.23. The van der Waals surface area contributed by atoms with Crippen molar-refractivity contribution in [3.05, 3.63) is 21.3 Å². The van der Waals surface area contributed by atoms with Crippen LogP contribution in [0.4, 0.5) is 0 Å². The third-order valence-electron chi connectivity index (χ3n) is 2.08. The lowest BCUT2D eigenvalue weighted by atomic mass is 10.3. The molecule has 0 saturated carbocycles. The molecule has 16 heavy (non-hydrogen) atoms. The zero-order valence-electron chi connectivity index (χ0n) is 9.61. The van der Waals surface area contributed by atoms with Gasteiger partial charge < -0.3 is 15.2 Å². The van der Waals surface area contributed by atoms with E-state index in [2.05, 4.69) is 0 Å². The van der Waals surface area contributed by atoms with E-state index in [0.29, 0.717) is 19.8 Å². The zero-order chi connectivity index (χ0) is 12.0. The lowest BCUT2D eigenvalue weighted by Gasteiger charge is -2.20. The molecule has 1 aromatic rings. The van der Waals surface area contributed by atoms with E-state index in [-0.39, 0.29) is 12.2 Å². The second-order valence-corrected chi connectivity index (χ2v) is 5.22. The van der Waals surface area contributed by atoms with Crippen molar-refractivity contribution >= 4 is 22.9 Å². The third-order valence-corrected chi connectivity index (χ3v) is 3.40. The van der Waals surface area contributed by atoms with E-state index in [1.807, 2.05) is 26.0 Å². The van der Waals surface area contributed by atoms with Crippen LogP contribution < -0.4 is 5.73 Å². The second kappa shape index (κ2) is 7.25. The number of ether oxygens (including phenoxy) is 2. The highest BCUT2D eigenvalue weighted by atomic mass is 35.5. The topological polar surface area (TPSA) is 44.5 Å². The average molecular weight is 264 g/mol. The number of nitrogens with two attached hydrogens (primary N) is 1. The van der Waals surface area contributed by atoms with Crippen molar-refractivity contribution in [3.63, 3.8) is 0 Å². The van der Waals surface area contributed by atoms with E-state index >= 15 is 0 Å². The number of hydrogen-bond acceptors (Lipinski definition) is 4. The summed E-state index contributed by atoms with van der Waals surface area (Å²) in [7, 11) is 0. The molecular weight excluding hydrogens is 246 g/mol. The van der Waals surface area contributed by atoms with Crippen LogP contribution in [0.2, 0.25) is 4.34 Å². The van der Waals surface area contributed by atoms with Crippen molar-refractivity contribution in [2.75, 3.05) is 19.8 Å². The fourth-order valence-electron chi connectivity index (χ4n) is 1.34. The van der Waals surface area contributed by atoms with Gasteiger partial charge in [-0.15, -0.1) is 11.3 Å². The fraction of sp³-hybridized carbons (Fsp3) is 0.636. The summed E-state index contributed by atoms with van der Waals surface area (Å²) < 4.78 is 11.9. The molecule has 1 aromatic heterocycles. The highest BCUT2D eigenvalue weighted by Crippen LogP contribution is 2.29. The van der Waals surface area contributed by atoms with Gasteiger partial charge in [-0.1, -0.05) is 11.6 Å². The number of hydrogen-bond donors (Lipinski definition) is 1. The normalized spacial score (nSPS) is 15.0. The van der Waals surface area contributed by atoms with Crippen molar-refractivity contribution in [1.82, 2.24) is 0 Å². The second-order valence-electron chi connectivity index (χ2n) is 3.47. The van der Waals surface area contributed by atoms with Gasteiger partial charge in [-0.2, -0.15) is 0 Å². The van der Waals surface area contributed by atoms with Gasteiger partial charge in [0, 0.05) is 18.0 Å². The van der Waals surface area contributed by atoms with Crippen LogP contribution in [0, 0.1) is 0 Å². The molecule has 0 aliphatic carbocycles. The van der Waals surface area contributed by atoms with Crippen LogP contribution in [0.15, 0.2) is 12.1 Å². The third kappa shape index (κ3) is 4.39. The molecule has 5 heteroatoms. The molecule has 3 nitrogen and oxygen atoms in total. The van der Waals surface area contributed by atoms with E-state index < -0.39 is 0 Å². The van der Waals surface area contributed by atoms with E-state index in [0.717, 1.165) is 9.21 Å². The Morgan fingerprint density at radius 2 is 2.25 bits per heavy atom. The van der Waals surface area contributed by atoms with Crippen LogP contribution in [0.25, 0.3) is 0 Å². The smallest absolute Gasteiger partial charge is 0.104 e. The summed E-state index contributed by atoms with van der Waals surface area (Å²) in [5, 5.41) is 0. The quantitative estimate of drug-likeness (QED) is 0.823. The molecular formula is C11H18ClNO2S. The lowest BCUT2D eigenvalue weighted by molar-refractivity contribution is -0.0428. The molecule has 2 N–H and O–H groups in total. The summed E-state index contributed by atoms with van der Waals surface area (Å²) in [4.78, 5) is 1.07. The van der Waals surface area contributed by atoms with E-state index in [1.165, 1.54) is 11.3 Å². The van der Waals surface area contributed by atoms with Gasteiger partial charge in [0.05, 0.1) is 17.0 Å². The molecule has 0 aliphatic rings. The van der Waals surface area contributed by atoms with Crippen LogP contribution in [-0.2, 0) is 9.47 Å². The van der Waals surface area contributed by atoms with E-state index in [4.69, 9.17) is 26.8 Å². The minimum atomic E-state index is -0.0899. The molecule has 0 bridgehead atoms. The Bertz CT molecular complexity index is 306. The van der Waals surface area contributed by atoms with Gasteiger partial charge in [0.1, 0.15) is 6.10 Å². The molecule has 2 unspecified atom stereocenters. The number of halogens is 1. The van der Waals surface area contributed by atoms with Gasteiger partial charge in [0.15, 0.2) is 0 Å². The van der Waals surface area contributed by atoms with E-state index in [9.17, 15) is 0 Å². The summed E-state index contributed by atoms with van der Waals surface area (Å²) >= 11 is 7.38. The van der Waals surface area contributed by atoms with Gasteiger partial charge >= 0.3 is 0 Å². The van der Waals surface area contributed by atoms with E-state index in [1.54, 1.807) is 0 Å². The molecule has 92 valence electrons. The highest BCUT2D eigenvalue weighted by Gasteiger charge is 2.16. The Labute approximate surface area is 105 Å². The van der Waals surface area contributed by atoms with Crippen molar-refractivity contribution in [2.45, 2.75) is 26.1 Å². The molecule has 1 rings (SSSR count). The number of thiophene rings is 1. The molecule has 0 radical (unpaired) electrons. The van der Waals surface area contributed by atoms with Crippen LogP contribution in [0.3, 0.4) is 0 Å². The van der Waals surface area contributed by atoms with Gasteiger partial charge in [0.2, 0.25) is 0 Å². The Hall–Kier alpha value is -0.130. The summed E-state index contributed by atoms with van der Waals surface area (Å²) in [5.74, 6) is 0. The Kier molecular flexibility index (Phi) is 6.31. The molecule has 0 aromatic carbocycles. The predicted molar refractivity (Wildman–Crippen MR) is 68.2 cm³/mol. The molecule has 0 aliphatic heterocycles. The predicted octanol–water partition coefficient (Wildman–Crippen LogP) is 2.84. The van der Waals surface area contributed by atoms with Crippen molar-refractivity contribution in [2.24, 2.45) is 5.73 Å². The minimum Gasteiger partial charge on any atom is -0.379 e. The average Bonchev–Trinajstić information content (AvgIpc) is 2.69. The maximum Gasteiger partial charge on any atom is 0.104 e. The van der Waals surface area contributed by atoms with Gasteiger partial charge in [0.25, 0.3) is 0 Å². The fourth-order valence-corrected chi connectivity index (χ4v) is 2.45. The summed E-state index contributed by atoms with van der Waals surface area (Å²) in [5.41, 5.74) is 5.69. The van der Waals surface area contributed by atoms with Crippen molar-refractivity contribution in [1.29, 1.82) is 0 Å². The largest absolute Gasteiger partial charge is 0.379 e. The van der Waals surface area contributed by atoms with Gasteiger partial charge in [-0.3, -0.25) is 0 Å². The molecule has 2 atom stereocenters. The Morgan fingerprint density at radius 1 is 1.50 bits per heavy atom. The first kappa shape index (κ1) is 13.9. The molecule has 0 saturated heterocycles. The summed E-state index contributed by atoms with van der Waals surface area (Å²) in [6, 6.07) is 3.82. The molecule has 0 spiro atoms. The van der Waals surface area contributed by atoms with Crippen LogP contribution in [0.5, 0.6) is 0 Å². The summed E-state index contributed by atoms with van der Waals surface area (Å²) in [6.45, 7) is 5.69. The van der Waals surface area contributed by atoms with Gasteiger partial charge in [-0.05, 0) is 26.0 Å². The molecule has 0 amide bonds. The first-order valence-corrected chi connectivity index (χ1v) is 6.55. The van der Waals surface area contributed by atoms with Gasteiger partial charge in [-0.25, -0.2) is 0 Å². The maximum atomic E-state index is 5.88. The Morgan fingerprint density at radius 3 is 2.75 bits per heavy atom. The highest BCUT2D eigenvalue weighted by molar-refractivity contribution is 7.16. The van der Waals surface area contributed by atoms with Crippen molar-refractivity contribution in [3.8, 4) is 0 Å². The summed E-state index contributed by atoms with van der Waals surface area (Å²) in [6.07, 6.45) is -0.0534. The zero-order valence-corrected chi connectivity index (χ0v) is 11.2. The van der Waals surface area contributed by atoms with Crippen LogP contribution >= 0.6 is 22.9 Å². The molecule has 0 fully saturated rings. The Balaban J connectivity index is 2.48. The first-order chi connectivity index (χ1) is 7.67. The minimum absolute atomic E-state index is 0.0365. The van der Waals surface area contributed by atoms with Crippen molar-refractivity contribution < 1.29 is 9.47 Å². The molecule has 1 heterocycles. The monoisotopic (exact) mass is 263 g/mol.